The summed E-state index contributed by atoms with van der Waals surface area (Å²) in [6.07, 6.45) is 0. The average molecular weight is 389 g/mol. The molecule has 0 aliphatic carbocycles. The summed E-state index contributed by atoms with van der Waals surface area (Å²) in [5, 5.41) is 5.99. The number of thiazole rings is 1. The number of aromatic nitrogens is 1. The first kappa shape index (κ1) is 18.2. The highest BCUT2D eigenvalue weighted by molar-refractivity contribution is 7.99. The summed E-state index contributed by atoms with van der Waals surface area (Å²) in [7, 11) is 0. The highest BCUT2D eigenvalue weighted by Gasteiger charge is 2.16. The quantitative estimate of drug-likeness (QED) is 0.611. The first-order valence-corrected chi connectivity index (χ1v) is 10.8. The van der Waals surface area contributed by atoms with Crippen molar-refractivity contribution in [1.29, 1.82) is 0 Å². The summed E-state index contributed by atoms with van der Waals surface area (Å²) in [6.45, 7) is 4.61. The van der Waals surface area contributed by atoms with Crippen LogP contribution in [0.3, 0.4) is 0 Å². The molecule has 25 heavy (non-hydrogen) atoms. The molecule has 1 aromatic carbocycles. The van der Waals surface area contributed by atoms with Crippen molar-refractivity contribution in [1.82, 2.24) is 10.3 Å². The lowest BCUT2D eigenvalue weighted by atomic mass is 10.2. The Hall–Kier alpha value is -1.63. The SMILES string of the molecule is Cc1nc(-c2ccccc2)sc1CSC(C)C(=O)NCc1cccs1. The van der Waals surface area contributed by atoms with Gasteiger partial charge in [-0.05, 0) is 25.3 Å². The number of nitrogens with one attached hydrogen (secondary N) is 1. The van der Waals surface area contributed by atoms with Crippen LogP contribution in [0.2, 0.25) is 0 Å². The first-order valence-electron chi connectivity index (χ1n) is 8.07. The van der Waals surface area contributed by atoms with Crippen LogP contribution < -0.4 is 5.32 Å². The highest BCUT2D eigenvalue weighted by atomic mass is 32.2. The Morgan fingerprint density at radius 1 is 1.24 bits per heavy atom. The number of thioether (sulfide) groups is 1. The average Bonchev–Trinajstić information content (AvgIpc) is 3.28. The van der Waals surface area contributed by atoms with Crippen molar-refractivity contribution in [2.45, 2.75) is 31.4 Å². The zero-order chi connectivity index (χ0) is 17.6. The van der Waals surface area contributed by atoms with Crippen LogP contribution in [0.1, 0.15) is 22.4 Å². The van der Waals surface area contributed by atoms with Crippen LogP contribution in [0.15, 0.2) is 47.8 Å². The number of amides is 1. The van der Waals surface area contributed by atoms with E-state index in [0.717, 1.165) is 22.0 Å². The van der Waals surface area contributed by atoms with Crippen LogP contribution in [-0.4, -0.2) is 16.1 Å². The van der Waals surface area contributed by atoms with Crippen molar-refractivity contribution < 1.29 is 4.79 Å². The van der Waals surface area contributed by atoms with Crippen molar-refractivity contribution in [2.24, 2.45) is 0 Å². The second-order valence-electron chi connectivity index (χ2n) is 5.64. The highest BCUT2D eigenvalue weighted by Crippen LogP contribution is 2.31. The Morgan fingerprint density at radius 2 is 2.04 bits per heavy atom. The number of hydrogen-bond acceptors (Lipinski definition) is 5. The van der Waals surface area contributed by atoms with E-state index in [1.165, 1.54) is 9.75 Å². The number of thiophene rings is 1. The third kappa shape index (κ3) is 4.93. The monoisotopic (exact) mass is 388 g/mol. The van der Waals surface area contributed by atoms with Gasteiger partial charge >= 0.3 is 0 Å². The van der Waals surface area contributed by atoms with Gasteiger partial charge in [-0.1, -0.05) is 36.4 Å². The zero-order valence-corrected chi connectivity index (χ0v) is 16.6. The molecule has 0 saturated carbocycles. The van der Waals surface area contributed by atoms with Crippen LogP contribution >= 0.6 is 34.4 Å². The number of aryl methyl sites for hydroxylation is 1. The molecule has 3 rings (SSSR count). The van der Waals surface area contributed by atoms with E-state index in [2.05, 4.69) is 22.4 Å². The van der Waals surface area contributed by atoms with Gasteiger partial charge in [0.15, 0.2) is 0 Å². The maximum atomic E-state index is 12.2. The minimum Gasteiger partial charge on any atom is -0.350 e. The third-order valence-electron chi connectivity index (χ3n) is 3.76. The lowest BCUT2D eigenvalue weighted by Crippen LogP contribution is -2.30. The molecule has 2 heterocycles. The fourth-order valence-corrected chi connectivity index (χ4v) is 5.07. The van der Waals surface area contributed by atoms with E-state index >= 15 is 0 Å². The molecule has 0 radical (unpaired) electrons. The van der Waals surface area contributed by atoms with Gasteiger partial charge in [-0.15, -0.1) is 34.4 Å². The van der Waals surface area contributed by atoms with Crippen LogP contribution in [0.25, 0.3) is 10.6 Å². The van der Waals surface area contributed by atoms with Gasteiger partial charge in [0.25, 0.3) is 0 Å². The summed E-state index contributed by atoms with van der Waals surface area (Å²) in [5.74, 6) is 0.896. The molecule has 1 N–H and O–H groups in total. The number of carbonyl (C=O) groups excluding carboxylic acids is 1. The molecule has 0 aliphatic heterocycles. The fraction of sp³-hybridized carbons (Fsp3) is 0.263. The van der Waals surface area contributed by atoms with Gasteiger partial charge in [0.2, 0.25) is 5.91 Å². The largest absolute Gasteiger partial charge is 0.350 e. The van der Waals surface area contributed by atoms with Gasteiger partial charge in [0, 0.05) is 21.1 Å². The smallest absolute Gasteiger partial charge is 0.233 e. The van der Waals surface area contributed by atoms with Crippen LogP contribution in [-0.2, 0) is 17.1 Å². The molecule has 2 aromatic heterocycles. The molecule has 1 unspecified atom stereocenters. The van der Waals surface area contributed by atoms with E-state index in [4.69, 9.17) is 0 Å². The molecule has 130 valence electrons. The number of nitrogens with zero attached hydrogens (tertiary/aromatic N) is 1. The molecule has 0 saturated heterocycles. The van der Waals surface area contributed by atoms with E-state index in [1.54, 1.807) is 34.4 Å². The minimum absolute atomic E-state index is 0.0818. The van der Waals surface area contributed by atoms with Crippen molar-refractivity contribution in [3.05, 3.63) is 63.3 Å². The van der Waals surface area contributed by atoms with Gasteiger partial charge in [-0.2, -0.15) is 0 Å². The number of hydrogen-bond donors (Lipinski definition) is 1. The third-order valence-corrected chi connectivity index (χ3v) is 7.20. The summed E-state index contributed by atoms with van der Waals surface area (Å²) in [5.41, 5.74) is 2.20. The van der Waals surface area contributed by atoms with Crippen LogP contribution in [0.5, 0.6) is 0 Å². The lowest BCUT2D eigenvalue weighted by Gasteiger charge is -2.11. The maximum Gasteiger partial charge on any atom is 0.233 e. The van der Waals surface area contributed by atoms with Crippen molar-refractivity contribution in [3.63, 3.8) is 0 Å². The number of rotatable bonds is 7. The van der Waals surface area contributed by atoms with E-state index in [9.17, 15) is 4.79 Å². The minimum atomic E-state index is -0.0818. The molecule has 3 nitrogen and oxygen atoms in total. The Labute approximate surface area is 160 Å². The molecule has 0 aliphatic rings. The van der Waals surface area contributed by atoms with Crippen LogP contribution in [0.4, 0.5) is 0 Å². The topological polar surface area (TPSA) is 42.0 Å². The van der Waals surface area contributed by atoms with Crippen molar-refractivity contribution in [2.75, 3.05) is 0 Å². The Kier molecular flexibility index (Phi) is 6.29. The lowest BCUT2D eigenvalue weighted by molar-refractivity contribution is -0.120. The maximum absolute atomic E-state index is 12.2. The normalized spacial score (nSPS) is 12.1. The molecular weight excluding hydrogens is 368 g/mol. The zero-order valence-electron chi connectivity index (χ0n) is 14.2. The Bertz CT molecular complexity index is 813. The van der Waals surface area contributed by atoms with Crippen molar-refractivity contribution in [3.8, 4) is 10.6 Å². The number of carbonyl (C=O) groups is 1. The fourth-order valence-electron chi connectivity index (χ4n) is 2.27. The Balaban J connectivity index is 1.54. The van der Waals surface area contributed by atoms with Crippen molar-refractivity contribution >= 4 is 40.3 Å². The summed E-state index contributed by atoms with van der Waals surface area (Å²) >= 11 is 5.04. The summed E-state index contributed by atoms with van der Waals surface area (Å²) < 4.78 is 0. The molecule has 6 heteroatoms. The molecule has 0 fully saturated rings. The van der Waals surface area contributed by atoms with E-state index in [1.807, 2.05) is 49.6 Å². The van der Waals surface area contributed by atoms with Gasteiger partial charge in [0.05, 0.1) is 17.5 Å². The predicted octanol–water partition coefficient (Wildman–Crippen LogP) is 5.12. The van der Waals surface area contributed by atoms with Gasteiger partial charge in [0.1, 0.15) is 5.01 Å². The molecule has 1 amide bonds. The summed E-state index contributed by atoms with van der Waals surface area (Å²) in [6, 6.07) is 14.3. The van der Waals surface area contributed by atoms with Gasteiger partial charge in [-0.3, -0.25) is 4.79 Å². The van der Waals surface area contributed by atoms with E-state index in [0.29, 0.717) is 6.54 Å². The second-order valence-corrected chi connectivity index (χ2v) is 9.09. The van der Waals surface area contributed by atoms with E-state index < -0.39 is 0 Å². The van der Waals surface area contributed by atoms with Crippen LogP contribution in [0, 0.1) is 6.92 Å². The Morgan fingerprint density at radius 3 is 2.76 bits per heavy atom. The molecule has 3 aromatic rings. The molecular formula is C19H20N2OS3. The predicted molar refractivity (Wildman–Crippen MR) is 109 cm³/mol. The first-order chi connectivity index (χ1) is 12.1. The second kappa shape index (κ2) is 8.65. The van der Waals surface area contributed by atoms with Gasteiger partial charge in [-0.25, -0.2) is 4.98 Å². The number of benzene rings is 1. The standard InChI is InChI=1S/C19H20N2OS3/c1-13-17(25-19(21-13)15-7-4-3-5-8-15)12-24-14(2)18(22)20-11-16-9-6-10-23-16/h3-10,14H,11-12H2,1-2H3,(H,20,22). The van der Waals surface area contributed by atoms with Gasteiger partial charge < -0.3 is 5.32 Å². The molecule has 0 bridgehead atoms. The molecule has 1 atom stereocenters. The summed E-state index contributed by atoms with van der Waals surface area (Å²) in [4.78, 5) is 19.3. The molecule has 0 spiro atoms. The van der Waals surface area contributed by atoms with E-state index in [-0.39, 0.29) is 11.2 Å².